The monoisotopic (exact) mass is 340 g/mol. The number of halogens is 2. The van der Waals surface area contributed by atoms with Crippen molar-refractivity contribution in [1.29, 1.82) is 0 Å². The van der Waals surface area contributed by atoms with Gasteiger partial charge in [-0.05, 0) is 42.2 Å². The number of rotatable bonds is 1. The Morgan fingerprint density at radius 1 is 1.00 bits per heavy atom. The Morgan fingerprint density at radius 3 is 2.40 bits per heavy atom. The van der Waals surface area contributed by atoms with E-state index in [1.54, 1.807) is 0 Å². The van der Waals surface area contributed by atoms with Gasteiger partial charge in [0.2, 0.25) is 0 Å². The molecule has 0 saturated carbocycles. The Bertz CT molecular complexity index is 871. The van der Waals surface area contributed by atoms with E-state index in [-0.39, 0.29) is 11.7 Å². The molecule has 2 aromatic rings. The van der Waals surface area contributed by atoms with Gasteiger partial charge < -0.3 is 10.6 Å². The zero-order valence-electron chi connectivity index (χ0n) is 13.8. The molecule has 2 N–H and O–H groups in total. The predicted molar refractivity (Wildman–Crippen MR) is 93.2 cm³/mol. The second kappa shape index (κ2) is 5.99. The van der Waals surface area contributed by atoms with Gasteiger partial charge in [-0.2, -0.15) is 0 Å². The summed E-state index contributed by atoms with van der Waals surface area (Å²) in [5.41, 5.74) is 3.46. The van der Waals surface area contributed by atoms with Crippen LogP contribution in [0.3, 0.4) is 0 Å². The van der Waals surface area contributed by atoms with E-state index in [4.69, 9.17) is 0 Å². The highest BCUT2D eigenvalue weighted by atomic mass is 19.1. The number of para-hydroxylation sites is 2. The third kappa shape index (κ3) is 2.90. The second-order valence-corrected chi connectivity index (χ2v) is 6.78. The fourth-order valence-corrected chi connectivity index (χ4v) is 3.68. The van der Waals surface area contributed by atoms with Gasteiger partial charge in [0.25, 0.3) is 0 Å². The van der Waals surface area contributed by atoms with Crippen molar-refractivity contribution < 1.29 is 13.6 Å². The average Bonchev–Trinajstić information content (AvgIpc) is 2.70. The molecule has 128 valence electrons. The van der Waals surface area contributed by atoms with Crippen molar-refractivity contribution in [2.75, 3.05) is 10.6 Å². The summed E-state index contributed by atoms with van der Waals surface area (Å²) in [4.78, 5) is 12.8. The number of anilines is 2. The average molecular weight is 340 g/mol. The van der Waals surface area contributed by atoms with Gasteiger partial charge in [0.15, 0.2) is 5.78 Å². The van der Waals surface area contributed by atoms with Crippen LogP contribution in [0.1, 0.15) is 31.4 Å². The number of nitrogens with one attached hydrogen (secondary N) is 2. The SMILES string of the molecule is C[C@H]1CC(=O)C2=C(C1)Nc1ccccc1N[C@H]2c1cc(F)cc(F)c1. The molecule has 0 aromatic heterocycles. The Morgan fingerprint density at radius 2 is 1.68 bits per heavy atom. The molecule has 3 nitrogen and oxygen atoms in total. The number of benzene rings is 2. The number of hydrogen-bond donors (Lipinski definition) is 2. The Kier molecular flexibility index (Phi) is 3.79. The molecule has 2 atom stereocenters. The Balaban J connectivity index is 1.90. The van der Waals surface area contributed by atoms with Crippen LogP contribution in [0.25, 0.3) is 0 Å². The van der Waals surface area contributed by atoms with E-state index in [1.807, 2.05) is 31.2 Å². The van der Waals surface area contributed by atoms with E-state index < -0.39 is 17.7 Å². The molecule has 25 heavy (non-hydrogen) atoms. The van der Waals surface area contributed by atoms with Crippen molar-refractivity contribution >= 4 is 17.2 Å². The summed E-state index contributed by atoms with van der Waals surface area (Å²) in [6.45, 7) is 2.03. The number of carbonyl (C=O) groups excluding carboxylic acids is 1. The van der Waals surface area contributed by atoms with Crippen molar-refractivity contribution in [1.82, 2.24) is 0 Å². The highest BCUT2D eigenvalue weighted by molar-refractivity contribution is 6.00. The lowest BCUT2D eigenvalue weighted by Crippen LogP contribution is -2.26. The minimum Gasteiger partial charge on any atom is -0.372 e. The maximum Gasteiger partial charge on any atom is 0.163 e. The van der Waals surface area contributed by atoms with E-state index in [1.165, 1.54) is 12.1 Å². The third-order valence-electron chi connectivity index (χ3n) is 4.73. The summed E-state index contributed by atoms with van der Waals surface area (Å²) in [7, 11) is 0. The first-order valence-electron chi connectivity index (χ1n) is 8.36. The van der Waals surface area contributed by atoms with Crippen molar-refractivity contribution in [3.63, 3.8) is 0 Å². The van der Waals surface area contributed by atoms with Gasteiger partial charge in [-0.3, -0.25) is 4.79 Å². The van der Waals surface area contributed by atoms with E-state index >= 15 is 0 Å². The smallest absolute Gasteiger partial charge is 0.163 e. The van der Waals surface area contributed by atoms with Crippen LogP contribution in [0.5, 0.6) is 0 Å². The van der Waals surface area contributed by atoms with Crippen LogP contribution >= 0.6 is 0 Å². The number of fused-ring (bicyclic) bond motifs is 1. The molecule has 2 aromatic carbocycles. The maximum atomic E-state index is 13.8. The van der Waals surface area contributed by atoms with Crippen molar-refractivity contribution in [3.8, 4) is 0 Å². The zero-order chi connectivity index (χ0) is 17.6. The van der Waals surface area contributed by atoms with Crippen LogP contribution in [0.15, 0.2) is 53.7 Å². The van der Waals surface area contributed by atoms with Crippen LogP contribution < -0.4 is 10.6 Å². The fourth-order valence-electron chi connectivity index (χ4n) is 3.68. The molecule has 0 saturated heterocycles. The topological polar surface area (TPSA) is 41.1 Å². The molecule has 4 rings (SSSR count). The molecule has 0 radical (unpaired) electrons. The van der Waals surface area contributed by atoms with Gasteiger partial charge in [-0.25, -0.2) is 8.78 Å². The molecule has 2 aliphatic rings. The highest BCUT2D eigenvalue weighted by Gasteiger charge is 2.34. The van der Waals surface area contributed by atoms with Crippen molar-refractivity contribution in [2.45, 2.75) is 25.8 Å². The van der Waals surface area contributed by atoms with Crippen molar-refractivity contribution in [2.24, 2.45) is 5.92 Å². The minimum absolute atomic E-state index is 0.0104. The van der Waals surface area contributed by atoms with Crippen LogP contribution in [-0.4, -0.2) is 5.78 Å². The van der Waals surface area contributed by atoms with Crippen LogP contribution in [-0.2, 0) is 4.79 Å². The first-order valence-corrected chi connectivity index (χ1v) is 8.36. The van der Waals surface area contributed by atoms with Crippen LogP contribution in [0.2, 0.25) is 0 Å². The quantitative estimate of drug-likeness (QED) is 0.784. The number of hydrogen-bond acceptors (Lipinski definition) is 3. The van der Waals surface area contributed by atoms with E-state index in [2.05, 4.69) is 10.6 Å². The number of ketones is 1. The van der Waals surface area contributed by atoms with Gasteiger partial charge in [0.1, 0.15) is 11.6 Å². The van der Waals surface area contributed by atoms with Gasteiger partial charge in [-0.1, -0.05) is 19.1 Å². The van der Waals surface area contributed by atoms with E-state index in [9.17, 15) is 13.6 Å². The molecule has 5 heteroatoms. The first kappa shape index (κ1) is 15.8. The summed E-state index contributed by atoms with van der Waals surface area (Å²) in [6, 6.07) is 10.4. The van der Waals surface area contributed by atoms with Crippen LogP contribution in [0, 0.1) is 17.6 Å². The largest absolute Gasteiger partial charge is 0.372 e. The number of Topliss-reactive ketones (excluding diaryl/α,β-unsaturated/α-hetero) is 1. The number of allylic oxidation sites excluding steroid dienone is 1. The number of carbonyl (C=O) groups is 1. The predicted octanol–water partition coefficient (Wildman–Crippen LogP) is 4.80. The van der Waals surface area contributed by atoms with Gasteiger partial charge in [0.05, 0.1) is 17.4 Å². The summed E-state index contributed by atoms with van der Waals surface area (Å²) in [5, 5.41) is 6.66. The molecular weight excluding hydrogens is 322 g/mol. The Labute approximate surface area is 144 Å². The zero-order valence-corrected chi connectivity index (χ0v) is 13.8. The second-order valence-electron chi connectivity index (χ2n) is 6.78. The summed E-state index contributed by atoms with van der Waals surface area (Å²) >= 11 is 0. The standard InChI is InChI=1S/C20H18F2N2O/c1-11-6-17-19(18(25)7-11)20(12-8-13(21)10-14(22)9-12)24-16-5-3-2-4-15(16)23-17/h2-5,8-11,20,23-24H,6-7H2,1H3/t11-,20+/m1/s1. The van der Waals surface area contributed by atoms with Gasteiger partial charge >= 0.3 is 0 Å². The van der Waals surface area contributed by atoms with Gasteiger partial charge in [-0.15, -0.1) is 0 Å². The van der Waals surface area contributed by atoms with Gasteiger partial charge in [0, 0.05) is 23.8 Å². The maximum absolute atomic E-state index is 13.8. The molecule has 0 fully saturated rings. The molecule has 1 heterocycles. The van der Waals surface area contributed by atoms with E-state index in [0.717, 1.165) is 29.6 Å². The molecule has 1 aliphatic heterocycles. The lowest BCUT2D eigenvalue weighted by molar-refractivity contribution is -0.117. The molecule has 0 spiro atoms. The third-order valence-corrected chi connectivity index (χ3v) is 4.73. The molecular formula is C20H18F2N2O. The highest BCUT2D eigenvalue weighted by Crippen LogP contribution is 2.41. The molecule has 0 amide bonds. The first-order chi connectivity index (χ1) is 12.0. The normalized spacial score (nSPS) is 22.4. The lowest BCUT2D eigenvalue weighted by Gasteiger charge is -2.28. The van der Waals surface area contributed by atoms with Crippen LogP contribution in [0.4, 0.5) is 20.2 Å². The lowest BCUT2D eigenvalue weighted by atomic mass is 9.82. The Hall–Kier alpha value is -2.69. The summed E-state index contributed by atoms with van der Waals surface area (Å²) in [6.07, 6.45) is 1.16. The fraction of sp³-hybridized carbons (Fsp3) is 0.250. The summed E-state index contributed by atoms with van der Waals surface area (Å²) < 4.78 is 27.6. The summed E-state index contributed by atoms with van der Waals surface area (Å²) in [5.74, 6) is -1.06. The molecule has 1 aliphatic carbocycles. The molecule has 0 unspecified atom stereocenters. The minimum atomic E-state index is -0.652. The molecule has 0 bridgehead atoms. The van der Waals surface area contributed by atoms with E-state index in [0.29, 0.717) is 17.6 Å². The van der Waals surface area contributed by atoms with Crippen molar-refractivity contribution in [3.05, 3.63) is 70.9 Å².